The van der Waals surface area contributed by atoms with E-state index in [0.717, 1.165) is 0 Å². The van der Waals surface area contributed by atoms with E-state index in [1.165, 1.54) is 12.2 Å². The monoisotopic (exact) mass is 546 g/mol. The Bertz CT molecular complexity index is 1090. The quantitative estimate of drug-likeness (QED) is 0.241. The van der Waals surface area contributed by atoms with Crippen molar-refractivity contribution in [1.29, 1.82) is 0 Å². The molecule has 0 heterocycles. The number of carbonyl (C=O) groups is 1. The van der Waals surface area contributed by atoms with Crippen LogP contribution in [0.1, 0.15) is 11.7 Å². The second kappa shape index (κ2) is 10.5. The van der Waals surface area contributed by atoms with Crippen LogP contribution in [0.3, 0.4) is 0 Å². The topological polar surface area (TPSA) is 105 Å². The van der Waals surface area contributed by atoms with Crippen LogP contribution in [0.25, 0.3) is 0 Å². The summed E-state index contributed by atoms with van der Waals surface area (Å²) in [5, 5.41) is 24.1. The number of benzene rings is 3. The molecule has 1 amide bonds. The van der Waals surface area contributed by atoms with Gasteiger partial charge < -0.3 is 26.0 Å². The summed E-state index contributed by atoms with van der Waals surface area (Å²) < 4.78 is 6.98. The van der Waals surface area contributed by atoms with Crippen LogP contribution in [-0.2, 0) is 4.79 Å². The van der Waals surface area contributed by atoms with Gasteiger partial charge in [-0.15, -0.1) is 0 Å². The van der Waals surface area contributed by atoms with Gasteiger partial charge in [-0.1, -0.05) is 46.3 Å². The maximum absolute atomic E-state index is 12.4. The van der Waals surface area contributed by atoms with Gasteiger partial charge in [0, 0.05) is 16.1 Å². The second-order valence-electron chi connectivity index (χ2n) is 6.60. The number of aliphatic hydroxyl groups is 1. The molecular weight excluding hydrogens is 528 g/mol. The third-order valence-corrected chi connectivity index (χ3v) is 5.42. The highest BCUT2D eigenvalue weighted by molar-refractivity contribution is 9.11. The van der Waals surface area contributed by atoms with Gasteiger partial charge in [0.15, 0.2) is 0 Å². The summed E-state index contributed by atoms with van der Waals surface area (Å²) in [6.45, 7) is 0. The van der Waals surface area contributed by atoms with Gasteiger partial charge in [-0.05, 0) is 58.4 Å². The fraction of sp³-hybridized carbons (Fsp3) is 0.0870. The van der Waals surface area contributed by atoms with E-state index in [1.54, 1.807) is 60.7 Å². The zero-order valence-corrected chi connectivity index (χ0v) is 19.4. The Morgan fingerprint density at radius 3 is 2.45 bits per heavy atom. The first-order valence-corrected chi connectivity index (χ1v) is 10.8. The van der Waals surface area contributed by atoms with Crippen LogP contribution in [0, 0.1) is 0 Å². The van der Waals surface area contributed by atoms with Crippen molar-refractivity contribution in [2.24, 2.45) is 0 Å². The lowest BCUT2D eigenvalue weighted by molar-refractivity contribution is -0.112. The Hall–Kier alpha value is -2.81. The van der Waals surface area contributed by atoms with E-state index in [-0.39, 0.29) is 11.3 Å². The molecule has 5 N–H and O–H groups in total. The van der Waals surface area contributed by atoms with Crippen molar-refractivity contribution >= 4 is 49.1 Å². The molecule has 0 aliphatic rings. The molecule has 0 spiro atoms. The standard InChI is InChI=1S/C23H20Br2N2O4/c24-14-12-16(22(29)17(25)13-14)23(30)20(31-15-6-2-1-3-7-15)10-11-21(28)27-19-9-5-4-8-18(19)26/h1-13,20,23,29-30H,26H2,(H,27,28)/b11-10+/t20-,23-/m1/s1. The van der Waals surface area contributed by atoms with Gasteiger partial charge in [-0.25, -0.2) is 0 Å². The van der Waals surface area contributed by atoms with Crippen LogP contribution in [0.4, 0.5) is 11.4 Å². The lowest BCUT2D eigenvalue weighted by atomic mass is 10.0. The molecule has 6 nitrogen and oxygen atoms in total. The smallest absolute Gasteiger partial charge is 0.248 e. The minimum Gasteiger partial charge on any atom is -0.506 e. The first-order valence-electron chi connectivity index (χ1n) is 9.26. The second-order valence-corrected chi connectivity index (χ2v) is 8.37. The number of carbonyl (C=O) groups excluding carboxylic acids is 1. The van der Waals surface area contributed by atoms with E-state index in [2.05, 4.69) is 37.2 Å². The number of nitrogens with one attached hydrogen (secondary N) is 1. The predicted molar refractivity (Wildman–Crippen MR) is 128 cm³/mol. The summed E-state index contributed by atoms with van der Waals surface area (Å²) in [4.78, 5) is 12.4. The Kier molecular flexibility index (Phi) is 7.73. The normalized spacial score (nSPS) is 13.0. The molecule has 2 atom stereocenters. The number of halogens is 2. The number of para-hydroxylation sites is 3. The summed E-state index contributed by atoms with van der Waals surface area (Å²) in [6.07, 6.45) is 0.460. The van der Waals surface area contributed by atoms with Gasteiger partial charge in [-0.3, -0.25) is 4.79 Å². The summed E-state index contributed by atoms with van der Waals surface area (Å²) in [7, 11) is 0. The zero-order valence-electron chi connectivity index (χ0n) is 16.2. The molecule has 0 saturated heterocycles. The van der Waals surface area contributed by atoms with E-state index in [4.69, 9.17) is 10.5 Å². The molecule has 3 rings (SSSR count). The van der Waals surface area contributed by atoms with E-state index >= 15 is 0 Å². The van der Waals surface area contributed by atoms with Crippen molar-refractivity contribution < 1.29 is 19.7 Å². The van der Waals surface area contributed by atoms with Crippen LogP contribution >= 0.6 is 31.9 Å². The molecule has 0 aliphatic carbocycles. The van der Waals surface area contributed by atoms with Gasteiger partial charge in [0.1, 0.15) is 23.7 Å². The zero-order chi connectivity index (χ0) is 22.4. The van der Waals surface area contributed by atoms with Crippen molar-refractivity contribution in [2.45, 2.75) is 12.2 Å². The summed E-state index contributed by atoms with van der Waals surface area (Å²) in [5.41, 5.74) is 7.01. The van der Waals surface area contributed by atoms with Crippen LogP contribution < -0.4 is 15.8 Å². The van der Waals surface area contributed by atoms with E-state index in [0.29, 0.717) is 26.1 Å². The first-order chi connectivity index (χ1) is 14.8. The van der Waals surface area contributed by atoms with Gasteiger partial charge in [0.05, 0.1) is 15.8 Å². The number of hydrogen-bond acceptors (Lipinski definition) is 5. The fourth-order valence-corrected chi connectivity index (χ4v) is 4.08. The molecule has 0 aliphatic heterocycles. The third-order valence-electron chi connectivity index (χ3n) is 4.36. The highest BCUT2D eigenvalue weighted by Gasteiger charge is 2.25. The average Bonchev–Trinajstić information content (AvgIpc) is 2.75. The highest BCUT2D eigenvalue weighted by Crippen LogP contribution is 2.37. The largest absolute Gasteiger partial charge is 0.506 e. The minimum atomic E-state index is -1.26. The molecule has 0 bridgehead atoms. The third kappa shape index (κ3) is 6.10. The number of phenols is 1. The predicted octanol–water partition coefficient (Wildman–Crippen LogP) is 5.18. The molecule has 0 aromatic heterocycles. The lowest BCUT2D eigenvalue weighted by Gasteiger charge is -2.23. The number of nitrogens with two attached hydrogens (primary N) is 1. The molecular formula is C23H20Br2N2O4. The summed E-state index contributed by atoms with van der Waals surface area (Å²) in [6, 6.07) is 19.0. The molecule has 0 radical (unpaired) electrons. The molecule has 3 aromatic rings. The van der Waals surface area contributed by atoms with Gasteiger partial charge >= 0.3 is 0 Å². The molecule has 0 fully saturated rings. The summed E-state index contributed by atoms with van der Waals surface area (Å²) in [5.74, 6) is -0.0591. The van der Waals surface area contributed by atoms with Crippen LogP contribution in [0.2, 0.25) is 0 Å². The van der Waals surface area contributed by atoms with Crippen LogP contribution in [0.15, 0.2) is 87.8 Å². The maximum Gasteiger partial charge on any atom is 0.248 e. The molecule has 31 heavy (non-hydrogen) atoms. The SMILES string of the molecule is Nc1ccccc1NC(=O)/C=C/[C@@H](Oc1ccccc1)[C@H](O)c1cc(Br)cc(Br)c1O. The molecule has 3 aromatic carbocycles. The molecule has 0 unspecified atom stereocenters. The van der Waals surface area contributed by atoms with Crippen molar-refractivity contribution in [3.63, 3.8) is 0 Å². The number of rotatable bonds is 7. The maximum atomic E-state index is 12.4. The number of aliphatic hydroxyl groups excluding tert-OH is 1. The van der Waals surface area contributed by atoms with Gasteiger partial charge in [-0.2, -0.15) is 0 Å². The number of phenolic OH excluding ortho intramolecular Hbond substituents is 1. The van der Waals surface area contributed by atoms with Gasteiger partial charge in [0.2, 0.25) is 5.91 Å². The van der Waals surface area contributed by atoms with Crippen LogP contribution in [0.5, 0.6) is 11.5 Å². The highest BCUT2D eigenvalue weighted by atomic mass is 79.9. The lowest BCUT2D eigenvalue weighted by Crippen LogP contribution is -2.24. The molecule has 0 saturated carbocycles. The summed E-state index contributed by atoms with van der Waals surface area (Å²) >= 11 is 6.61. The van der Waals surface area contributed by atoms with E-state index < -0.39 is 18.1 Å². The number of amides is 1. The first kappa shape index (κ1) is 22.9. The number of aromatic hydroxyl groups is 1. The van der Waals surface area contributed by atoms with Crippen molar-refractivity contribution in [2.75, 3.05) is 11.1 Å². The van der Waals surface area contributed by atoms with Gasteiger partial charge in [0.25, 0.3) is 0 Å². The Morgan fingerprint density at radius 1 is 1.06 bits per heavy atom. The Balaban J connectivity index is 1.87. The Morgan fingerprint density at radius 2 is 1.74 bits per heavy atom. The van der Waals surface area contributed by atoms with E-state index in [9.17, 15) is 15.0 Å². The van der Waals surface area contributed by atoms with Crippen molar-refractivity contribution in [1.82, 2.24) is 0 Å². The molecule has 160 valence electrons. The Labute approximate surface area is 196 Å². The van der Waals surface area contributed by atoms with E-state index in [1.807, 2.05) is 6.07 Å². The van der Waals surface area contributed by atoms with Crippen LogP contribution in [-0.4, -0.2) is 22.2 Å². The fourth-order valence-electron chi connectivity index (χ4n) is 2.82. The minimum absolute atomic E-state index is 0.118. The van der Waals surface area contributed by atoms with Crippen molar-refractivity contribution in [3.05, 3.63) is 93.4 Å². The number of ether oxygens (including phenoxy) is 1. The number of anilines is 2. The number of hydrogen-bond donors (Lipinski definition) is 4. The van der Waals surface area contributed by atoms with Crippen molar-refractivity contribution in [3.8, 4) is 11.5 Å². The average molecular weight is 548 g/mol. The molecule has 8 heteroatoms. The number of nitrogen functional groups attached to an aromatic ring is 1.